The van der Waals surface area contributed by atoms with Crippen LogP contribution < -0.4 is 25.2 Å². The van der Waals surface area contributed by atoms with Gasteiger partial charge in [-0.3, -0.25) is 9.69 Å². The standard InChI is InChI=1S/C35H45F5N8O3/c1-4-30(49)42-26-18-27(29(51-3)19-28(26)46-16-10-24(11-17-46)45-14-6-5-7-15-45)43-32-41-20-23-21-47(22(2)35(38,39)40)33(50)48(31(23)44-32)25-8-12-34(36,37)13-9-25/h4,18-20,22,24-25H,1,5-17,21H2,2-3H3,(H,42,49)(H,41,43,44)/t22-/m1/s1. The zero-order valence-corrected chi connectivity index (χ0v) is 28.9. The molecule has 278 valence electrons. The van der Waals surface area contributed by atoms with Gasteiger partial charge in [0.15, 0.2) is 0 Å². The molecule has 2 aromatic rings. The predicted octanol–water partition coefficient (Wildman–Crippen LogP) is 7.08. The molecule has 0 spiro atoms. The molecule has 11 nitrogen and oxygen atoms in total. The number of anilines is 5. The van der Waals surface area contributed by atoms with Crippen LogP contribution in [0.4, 0.5) is 55.6 Å². The molecule has 1 saturated carbocycles. The fourth-order valence-electron chi connectivity index (χ4n) is 7.61. The number of aromatic nitrogens is 2. The number of hydrogen-bond donors (Lipinski definition) is 2. The zero-order chi connectivity index (χ0) is 36.5. The summed E-state index contributed by atoms with van der Waals surface area (Å²) in [4.78, 5) is 41.8. The first-order chi connectivity index (χ1) is 24.3. The van der Waals surface area contributed by atoms with Crippen LogP contribution in [-0.4, -0.2) is 95.2 Å². The SMILES string of the molecule is C=CC(=O)Nc1cc(Nc2ncc3c(n2)N(C2CCC(F)(F)CC2)C(=O)N([C@H](C)C(F)(F)F)C3)c(OC)cc1N1CCC(N2CCCCC2)CC1. The Bertz CT molecular complexity index is 1600. The molecule has 4 aliphatic rings. The molecule has 3 fully saturated rings. The van der Waals surface area contributed by atoms with Crippen LogP contribution in [0.3, 0.4) is 0 Å². The average Bonchev–Trinajstić information content (AvgIpc) is 3.11. The van der Waals surface area contributed by atoms with Crippen molar-refractivity contribution >= 4 is 40.8 Å². The van der Waals surface area contributed by atoms with Crippen LogP contribution >= 0.6 is 0 Å². The third kappa shape index (κ3) is 8.00. The number of nitrogens with zero attached hydrogens (tertiary/aromatic N) is 6. The van der Waals surface area contributed by atoms with Crippen LogP contribution in [0.25, 0.3) is 0 Å². The van der Waals surface area contributed by atoms with E-state index in [1.165, 1.54) is 38.6 Å². The zero-order valence-electron chi connectivity index (χ0n) is 28.9. The lowest BCUT2D eigenvalue weighted by molar-refractivity contribution is -0.172. The minimum atomic E-state index is -4.70. The fourth-order valence-corrected chi connectivity index (χ4v) is 7.61. The number of hydrogen-bond acceptors (Lipinski definition) is 8. The van der Waals surface area contributed by atoms with Gasteiger partial charge in [-0.2, -0.15) is 18.2 Å². The number of ether oxygens (including phenoxy) is 1. The molecule has 2 saturated heterocycles. The molecule has 0 radical (unpaired) electrons. The Morgan fingerprint density at radius 1 is 1.04 bits per heavy atom. The van der Waals surface area contributed by atoms with Crippen LogP contribution in [0.1, 0.15) is 70.3 Å². The molecular formula is C35H45F5N8O3. The van der Waals surface area contributed by atoms with Crippen molar-refractivity contribution in [1.29, 1.82) is 0 Å². The number of fused-ring (bicyclic) bond motifs is 1. The normalized spacial score (nSPS) is 21.2. The maximum absolute atomic E-state index is 14.1. The highest BCUT2D eigenvalue weighted by Crippen LogP contribution is 2.43. The van der Waals surface area contributed by atoms with Gasteiger partial charge in [-0.05, 0) is 70.7 Å². The van der Waals surface area contributed by atoms with E-state index < -0.39 is 55.5 Å². The van der Waals surface area contributed by atoms with Gasteiger partial charge < -0.3 is 30.1 Å². The van der Waals surface area contributed by atoms with Crippen molar-refractivity contribution in [2.24, 2.45) is 0 Å². The van der Waals surface area contributed by atoms with Gasteiger partial charge >= 0.3 is 12.2 Å². The minimum Gasteiger partial charge on any atom is -0.494 e. The number of rotatable bonds is 9. The Labute approximate surface area is 294 Å². The maximum atomic E-state index is 14.1. The number of urea groups is 1. The number of piperidine rings is 2. The maximum Gasteiger partial charge on any atom is 0.408 e. The molecule has 1 aromatic carbocycles. The van der Waals surface area contributed by atoms with E-state index in [1.54, 1.807) is 6.07 Å². The van der Waals surface area contributed by atoms with Gasteiger partial charge in [-0.25, -0.2) is 18.6 Å². The molecular weight excluding hydrogens is 675 g/mol. The fraction of sp³-hybridized carbons (Fsp3) is 0.600. The van der Waals surface area contributed by atoms with E-state index in [1.807, 2.05) is 6.07 Å². The topological polar surface area (TPSA) is 106 Å². The first-order valence-electron chi connectivity index (χ1n) is 17.6. The molecule has 3 aliphatic heterocycles. The monoisotopic (exact) mass is 720 g/mol. The Morgan fingerprint density at radius 3 is 2.35 bits per heavy atom. The lowest BCUT2D eigenvalue weighted by Crippen LogP contribution is -2.58. The summed E-state index contributed by atoms with van der Waals surface area (Å²) in [6, 6.07) is 0.162. The van der Waals surface area contributed by atoms with E-state index in [4.69, 9.17) is 4.74 Å². The second-order valence-corrected chi connectivity index (χ2v) is 13.8. The van der Waals surface area contributed by atoms with Gasteiger partial charge in [0, 0.05) is 55.8 Å². The summed E-state index contributed by atoms with van der Waals surface area (Å²) in [6.07, 6.45) is 2.29. The number of amides is 3. The predicted molar refractivity (Wildman–Crippen MR) is 184 cm³/mol. The van der Waals surface area contributed by atoms with E-state index in [9.17, 15) is 31.5 Å². The van der Waals surface area contributed by atoms with Gasteiger partial charge in [0.2, 0.25) is 17.8 Å². The summed E-state index contributed by atoms with van der Waals surface area (Å²) in [7, 11) is 1.50. The van der Waals surface area contributed by atoms with Gasteiger partial charge in [-0.15, -0.1) is 0 Å². The summed E-state index contributed by atoms with van der Waals surface area (Å²) in [5.41, 5.74) is 1.89. The first kappa shape index (κ1) is 36.6. The lowest BCUT2D eigenvalue weighted by atomic mass is 9.90. The average molecular weight is 721 g/mol. The number of benzene rings is 1. The van der Waals surface area contributed by atoms with Gasteiger partial charge in [0.05, 0.1) is 30.7 Å². The van der Waals surface area contributed by atoms with Crippen molar-refractivity contribution in [2.45, 2.75) is 101 Å². The number of alkyl halides is 5. The number of methoxy groups -OCH3 is 1. The molecule has 6 rings (SSSR count). The first-order valence-corrected chi connectivity index (χ1v) is 17.6. The molecule has 0 bridgehead atoms. The highest BCUT2D eigenvalue weighted by molar-refractivity contribution is 6.02. The van der Waals surface area contributed by atoms with E-state index in [0.717, 1.165) is 56.5 Å². The highest BCUT2D eigenvalue weighted by Gasteiger charge is 2.48. The molecule has 1 aliphatic carbocycles. The Hall–Kier alpha value is -4.21. The number of likely N-dealkylation sites (tertiary alicyclic amines) is 1. The third-order valence-electron chi connectivity index (χ3n) is 10.6. The van der Waals surface area contributed by atoms with Crippen LogP contribution in [-0.2, 0) is 11.3 Å². The summed E-state index contributed by atoms with van der Waals surface area (Å²) >= 11 is 0. The van der Waals surface area contributed by atoms with Crippen molar-refractivity contribution < 1.29 is 36.3 Å². The van der Waals surface area contributed by atoms with E-state index in [-0.39, 0.29) is 30.2 Å². The largest absolute Gasteiger partial charge is 0.494 e. The Morgan fingerprint density at radius 2 is 1.73 bits per heavy atom. The summed E-state index contributed by atoms with van der Waals surface area (Å²) in [6.45, 7) is 7.88. The molecule has 0 unspecified atom stereocenters. The third-order valence-corrected chi connectivity index (χ3v) is 10.6. The summed E-state index contributed by atoms with van der Waals surface area (Å²) < 4.78 is 75.4. The van der Waals surface area contributed by atoms with E-state index >= 15 is 0 Å². The van der Waals surface area contributed by atoms with Crippen molar-refractivity contribution in [1.82, 2.24) is 19.8 Å². The highest BCUT2D eigenvalue weighted by atomic mass is 19.4. The lowest BCUT2D eigenvalue weighted by Gasteiger charge is -2.44. The Kier molecular flexibility index (Phi) is 10.6. The van der Waals surface area contributed by atoms with Crippen LogP contribution in [0.15, 0.2) is 31.0 Å². The van der Waals surface area contributed by atoms with Gasteiger partial charge in [0.1, 0.15) is 17.6 Å². The van der Waals surface area contributed by atoms with Gasteiger partial charge in [-0.1, -0.05) is 13.0 Å². The smallest absolute Gasteiger partial charge is 0.408 e. The van der Waals surface area contributed by atoms with Crippen molar-refractivity contribution in [3.63, 3.8) is 0 Å². The van der Waals surface area contributed by atoms with E-state index in [2.05, 4.69) is 37.0 Å². The quantitative estimate of drug-likeness (QED) is 0.209. The molecule has 1 atom stereocenters. The Balaban J connectivity index is 1.30. The van der Waals surface area contributed by atoms with Crippen molar-refractivity contribution in [2.75, 3.05) is 53.7 Å². The molecule has 1 aromatic heterocycles. The number of carbonyl (C=O) groups excluding carboxylic acids is 2. The van der Waals surface area contributed by atoms with Crippen molar-refractivity contribution in [3.8, 4) is 5.75 Å². The molecule has 51 heavy (non-hydrogen) atoms. The molecule has 3 amide bonds. The second kappa shape index (κ2) is 14.8. The molecule has 16 heteroatoms. The molecule has 4 heterocycles. The molecule has 2 N–H and O–H groups in total. The number of halogens is 5. The van der Waals surface area contributed by atoms with Crippen LogP contribution in [0.5, 0.6) is 5.75 Å². The summed E-state index contributed by atoms with van der Waals surface area (Å²) in [5.74, 6) is -2.86. The second-order valence-electron chi connectivity index (χ2n) is 13.8. The van der Waals surface area contributed by atoms with Gasteiger partial charge in [0.25, 0.3) is 0 Å². The summed E-state index contributed by atoms with van der Waals surface area (Å²) in [5, 5.41) is 5.99. The van der Waals surface area contributed by atoms with Crippen LogP contribution in [0, 0.1) is 0 Å². The minimum absolute atomic E-state index is 0.000553. The van der Waals surface area contributed by atoms with Crippen molar-refractivity contribution in [3.05, 3.63) is 36.5 Å². The number of nitrogens with one attached hydrogen (secondary N) is 2. The van der Waals surface area contributed by atoms with Crippen LogP contribution in [0.2, 0.25) is 0 Å². The number of carbonyl (C=O) groups is 2. The van der Waals surface area contributed by atoms with E-state index in [0.29, 0.717) is 28.1 Å².